The Morgan fingerprint density at radius 2 is 1.14 bits per heavy atom. The molecule has 0 saturated heterocycles. The average molecular weight is 449 g/mol. The maximum absolute atomic E-state index is 5.52. The highest BCUT2D eigenvalue weighted by atomic mass is 14.9. The molecule has 0 spiro atoms. The number of fused-ring (bicyclic) bond motifs is 5. The van der Waals surface area contributed by atoms with Gasteiger partial charge in [-0.2, -0.15) is 0 Å². The molecule has 1 aromatic heterocycles. The second kappa shape index (κ2) is 7.54. The Hall–Kier alpha value is -4.43. The van der Waals surface area contributed by atoms with E-state index in [0.29, 0.717) is 0 Å². The highest BCUT2D eigenvalue weighted by Crippen LogP contribution is 2.54. The van der Waals surface area contributed by atoms with Crippen molar-refractivity contribution in [1.82, 2.24) is 4.57 Å². The monoisotopic (exact) mass is 448 g/mol. The molecule has 0 fully saturated rings. The molecule has 0 aliphatic carbocycles. The van der Waals surface area contributed by atoms with Crippen LogP contribution in [0.2, 0.25) is 0 Å². The maximum atomic E-state index is 5.52. The fraction of sp³-hybridized carbons (Fsp3) is 0.0606. The zero-order valence-corrected chi connectivity index (χ0v) is 19.5. The summed E-state index contributed by atoms with van der Waals surface area (Å²) in [5.74, 6) is 0. The lowest BCUT2D eigenvalue weighted by Gasteiger charge is -2.34. The van der Waals surface area contributed by atoms with Crippen molar-refractivity contribution in [2.24, 2.45) is 12.0 Å². The van der Waals surface area contributed by atoms with Crippen LogP contribution in [0.5, 0.6) is 0 Å². The molecule has 0 radical (unpaired) electrons. The molecule has 5 aromatic carbocycles. The van der Waals surface area contributed by atoms with Gasteiger partial charge in [0, 0.05) is 23.3 Å². The molecule has 1 aliphatic heterocycles. The van der Waals surface area contributed by atoms with Gasteiger partial charge in [0.05, 0.1) is 22.3 Å². The van der Waals surface area contributed by atoms with Crippen LogP contribution in [0.25, 0.3) is 21.8 Å². The van der Waals surface area contributed by atoms with Crippen molar-refractivity contribution < 1.29 is 0 Å². The normalized spacial score (nSPS) is 14.3. The molecule has 2 heterocycles. The van der Waals surface area contributed by atoms with Gasteiger partial charge in [0.1, 0.15) is 0 Å². The van der Waals surface area contributed by atoms with Crippen molar-refractivity contribution in [2.45, 2.75) is 5.41 Å². The summed E-state index contributed by atoms with van der Waals surface area (Å²) in [4.78, 5) is 5.52. The predicted molar refractivity (Wildman–Crippen MR) is 146 cm³/mol. The van der Waals surface area contributed by atoms with Crippen LogP contribution in [-0.4, -0.2) is 10.3 Å². The zero-order valence-electron chi connectivity index (χ0n) is 19.5. The third kappa shape index (κ3) is 2.68. The van der Waals surface area contributed by atoms with Crippen LogP contribution in [0.4, 0.5) is 5.69 Å². The van der Waals surface area contributed by atoms with E-state index in [2.05, 4.69) is 139 Å². The summed E-state index contributed by atoms with van der Waals surface area (Å²) in [7, 11) is 2.15. The molecule has 0 saturated carbocycles. The van der Waals surface area contributed by atoms with Crippen LogP contribution >= 0.6 is 0 Å². The van der Waals surface area contributed by atoms with Gasteiger partial charge >= 0.3 is 0 Å². The number of aromatic nitrogens is 1. The minimum Gasteiger partial charge on any atom is -0.344 e. The molecule has 1 aliphatic rings. The molecule has 0 N–H and O–H groups in total. The number of hydrogen-bond donors (Lipinski definition) is 0. The second-order valence-corrected chi connectivity index (χ2v) is 9.24. The summed E-state index contributed by atoms with van der Waals surface area (Å²) in [6, 6.07) is 45.6. The first-order valence-electron chi connectivity index (χ1n) is 12.1. The van der Waals surface area contributed by atoms with Gasteiger partial charge in [0.15, 0.2) is 0 Å². The number of benzene rings is 5. The number of nitrogens with zero attached hydrogens (tertiary/aromatic N) is 2. The first kappa shape index (κ1) is 20.0. The highest BCUT2D eigenvalue weighted by Gasteiger charge is 2.47. The van der Waals surface area contributed by atoms with Gasteiger partial charge in [0.2, 0.25) is 0 Å². The average Bonchev–Trinajstić information content (AvgIpc) is 3.44. The molecular formula is C33H24N2. The molecule has 2 heteroatoms. The molecule has 7 rings (SSSR count). The van der Waals surface area contributed by atoms with E-state index in [-0.39, 0.29) is 0 Å². The third-order valence-electron chi connectivity index (χ3n) is 7.50. The lowest BCUT2D eigenvalue weighted by molar-refractivity contribution is 0.851. The second-order valence-electron chi connectivity index (χ2n) is 9.24. The Morgan fingerprint density at radius 1 is 0.571 bits per heavy atom. The lowest BCUT2D eigenvalue weighted by Crippen LogP contribution is -2.36. The molecule has 6 aromatic rings. The first-order chi connectivity index (χ1) is 17.3. The minimum atomic E-state index is -0.510. The van der Waals surface area contributed by atoms with Crippen LogP contribution in [0.3, 0.4) is 0 Å². The van der Waals surface area contributed by atoms with E-state index < -0.39 is 5.41 Å². The van der Waals surface area contributed by atoms with Gasteiger partial charge in [-0.3, -0.25) is 4.99 Å². The van der Waals surface area contributed by atoms with E-state index in [0.717, 1.165) is 17.0 Å². The molecule has 0 amide bonds. The van der Waals surface area contributed by atoms with Gasteiger partial charge in [0.25, 0.3) is 0 Å². The molecule has 2 nitrogen and oxygen atoms in total. The molecule has 0 bridgehead atoms. The van der Waals surface area contributed by atoms with Gasteiger partial charge in [-0.05, 0) is 34.4 Å². The van der Waals surface area contributed by atoms with Crippen molar-refractivity contribution in [3.05, 3.63) is 150 Å². The van der Waals surface area contributed by atoms with Crippen molar-refractivity contribution in [3.63, 3.8) is 0 Å². The molecule has 35 heavy (non-hydrogen) atoms. The summed E-state index contributed by atoms with van der Waals surface area (Å²) < 4.78 is 2.29. The fourth-order valence-electron chi connectivity index (χ4n) is 5.98. The van der Waals surface area contributed by atoms with Crippen LogP contribution in [0.15, 0.2) is 132 Å². The topological polar surface area (TPSA) is 17.3 Å². The van der Waals surface area contributed by atoms with E-state index in [1.165, 1.54) is 38.5 Å². The standard InChI is InChI=1S/C33H24N2/c1-35-28-20-12-11-19-26(28)30-29(35)22-21-27-31(30)34-32(23-13-5-2-6-14-23)33(27,24-15-7-3-8-16-24)25-17-9-4-10-18-25/h2-22H,1H3. The van der Waals surface area contributed by atoms with E-state index >= 15 is 0 Å². The summed E-state index contributed by atoms with van der Waals surface area (Å²) in [6.07, 6.45) is 0. The lowest BCUT2D eigenvalue weighted by atomic mass is 9.65. The Bertz CT molecular complexity index is 1690. The minimum absolute atomic E-state index is 0.510. The van der Waals surface area contributed by atoms with Crippen LogP contribution in [0, 0.1) is 0 Å². The van der Waals surface area contributed by atoms with Crippen molar-refractivity contribution >= 4 is 33.2 Å². The van der Waals surface area contributed by atoms with Gasteiger partial charge in [-0.25, -0.2) is 0 Å². The Morgan fingerprint density at radius 3 is 1.80 bits per heavy atom. The van der Waals surface area contributed by atoms with E-state index in [4.69, 9.17) is 4.99 Å². The number of hydrogen-bond acceptors (Lipinski definition) is 1. The molecule has 166 valence electrons. The summed E-state index contributed by atoms with van der Waals surface area (Å²) in [5.41, 5.74) is 8.91. The summed E-state index contributed by atoms with van der Waals surface area (Å²) >= 11 is 0. The third-order valence-corrected chi connectivity index (χ3v) is 7.50. The number of para-hydroxylation sites is 1. The summed E-state index contributed by atoms with van der Waals surface area (Å²) in [5, 5.41) is 2.47. The van der Waals surface area contributed by atoms with Gasteiger partial charge in [-0.1, -0.05) is 115 Å². The van der Waals surface area contributed by atoms with Crippen LogP contribution < -0.4 is 0 Å². The quantitative estimate of drug-likeness (QED) is 0.263. The highest BCUT2D eigenvalue weighted by molar-refractivity contribution is 6.23. The summed E-state index contributed by atoms with van der Waals surface area (Å²) in [6.45, 7) is 0. The predicted octanol–water partition coefficient (Wildman–Crippen LogP) is 7.80. The fourth-order valence-corrected chi connectivity index (χ4v) is 5.98. The zero-order chi connectivity index (χ0) is 23.4. The van der Waals surface area contributed by atoms with Crippen LogP contribution in [-0.2, 0) is 12.5 Å². The number of aliphatic imine (C=N–C) groups is 1. The van der Waals surface area contributed by atoms with Gasteiger partial charge in [-0.15, -0.1) is 0 Å². The molecule has 0 atom stereocenters. The molecular weight excluding hydrogens is 424 g/mol. The van der Waals surface area contributed by atoms with E-state index in [1.807, 2.05) is 0 Å². The number of aryl methyl sites for hydroxylation is 1. The van der Waals surface area contributed by atoms with Crippen molar-refractivity contribution in [3.8, 4) is 0 Å². The van der Waals surface area contributed by atoms with Crippen LogP contribution in [0.1, 0.15) is 22.3 Å². The Balaban J connectivity index is 1.69. The van der Waals surface area contributed by atoms with Crippen molar-refractivity contribution in [1.29, 1.82) is 0 Å². The number of rotatable bonds is 3. The van der Waals surface area contributed by atoms with E-state index in [9.17, 15) is 0 Å². The molecule has 0 unspecified atom stereocenters. The largest absolute Gasteiger partial charge is 0.344 e. The smallest absolute Gasteiger partial charge is 0.0901 e. The maximum Gasteiger partial charge on any atom is 0.0901 e. The SMILES string of the molecule is Cn1c2ccccc2c2c3c(ccc21)C(c1ccccc1)(c1ccccc1)C(c1ccccc1)=N3. The Kier molecular flexibility index (Phi) is 4.31. The first-order valence-corrected chi connectivity index (χ1v) is 12.1. The van der Waals surface area contributed by atoms with Crippen molar-refractivity contribution in [2.75, 3.05) is 0 Å². The van der Waals surface area contributed by atoms with E-state index in [1.54, 1.807) is 0 Å². The Labute approximate surface area is 204 Å². The van der Waals surface area contributed by atoms with Gasteiger partial charge < -0.3 is 4.57 Å².